The standard InChI is InChI=1S/C24H25FN2O/c25-23-14-8-7-11-21(23)15-17-26-18-16-24(28)27(22-12-5-2-6-13-22)19-20-9-3-1-4-10-20/h1-14,26H,15-19H2. The molecule has 1 amide bonds. The van der Waals surface area contributed by atoms with Crippen LogP contribution < -0.4 is 10.2 Å². The number of hydrogen-bond donors (Lipinski definition) is 1. The molecule has 0 heterocycles. The van der Waals surface area contributed by atoms with Gasteiger partial charge in [-0.15, -0.1) is 0 Å². The molecule has 0 radical (unpaired) electrons. The van der Waals surface area contributed by atoms with Gasteiger partial charge in [0.25, 0.3) is 0 Å². The molecule has 3 nitrogen and oxygen atoms in total. The highest BCUT2D eigenvalue weighted by molar-refractivity contribution is 5.93. The summed E-state index contributed by atoms with van der Waals surface area (Å²) in [6.07, 6.45) is 0.992. The first kappa shape index (κ1) is 19.8. The highest BCUT2D eigenvalue weighted by atomic mass is 19.1. The van der Waals surface area contributed by atoms with Crippen LogP contribution in [0.5, 0.6) is 0 Å². The highest BCUT2D eigenvalue weighted by Gasteiger charge is 2.15. The number of carbonyl (C=O) groups is 1. The summed E-state index contributed by atoms with van der Waals surface area (Å²) < 4.78 is 13.6. The molecule has 0 fully saturated rings. The number of anilines is 1. The molecule has 1 N–H and O–H groups in total. The van der Waals surface area contributed by atoms with Crippen LogP contribution in [0.1, 0.15) is 17.5 Å². The van der Waals surface area contributed by atoms with Crippen LogP contribution in [-0.4, -0.2) is 19.0 Å². The molecular weight excluding hydrogens is 351 g/mol. The van der Waals surface area contributed by atoms with Crippen LogP contribution in [0.2, 0.25) is 0 Å². The SMILES string of the molecule is O=C(CCNCCc1ccccc1F)N(Cc1ccccc1)c1ccccc1. The Morgan fingerprint density at radius 1 is 0.821 bits per heavy atom. The minimum absolute atomic E-state index is 0.0634. The normalized spacial score (nSPS) is 10.6. The molecule has 3 aromatic rings. The van der Waals surface area contributed by atoms with Gasteiger partial charge in [-0.3, -0.25) is 4.79 Å². The number of halogens is 1. The van der Waals surface area contributed by atoms with E-state index in [-0.39, 0.29) is 11.7 Å². The summed E-state index contributed by atoms with van der Waals surface area (Å²) in [5.74, 6) is -0.119. The molecule has 0 aliphatic rings. The lowest BCUT2D eigenvalue weighted by Gasteiger charge is -2.23. The van der Waals surface area contributed by atoms with E-state index in [2.05, 4.69) is 5.32 Å². The van der Waals surface area contributed by atoms with Gasteiger partial charge in [-0.1, -0.05) is 66.7 Å². The van der Waals surface area contributed by atoms with Gasteiger partial charge in [0.2, 0.25) is 5.91 Å². The third-order valence-corrected chi connectivity index (χ3v) is 4.60. The molecule has 0 saturated heterocycles. The van der Waals surface area contributed by atoms with Gasteiger partial charge in [-0.05, 0) is 42.3 Å². The number of benzene rings is 3. The molecule has 0 atom stereocenters. The van der Waals surface area contributed by atoms with E-state index in [0.717, 1.165) is 11.3 Å². The van der Waals surface area contributed by atoms with E-state index in [1.165, 1.54) is 6.07 Å². The Morgan fingerprint density at radius 2 is 1.46 bits per heavy atom. The Hall–Kier alpha value is -2.98. The number of nitrogens with zero attached hydrogens (tertiary/aromatic N) is 1. The van der Waals surface area contributed by atoms with Crippen LogP contribution in [0.3, 0.4) is 0 Å². The van der Waals surface area contributed by atoms with E-state index in [4.69, 9.17) is 0 Å². The molecule has 0 aromatic heterocycles. The maximum atomic E-state index is 13.6. The molecule has 0 aliphatic heterocycles. The predicted molar refractivity (Wildman–Crippen MR) is 112 cm³/mol. The molecular formula is C24H25FN2O. The summed E-state index contributed by atoms with van der Waals surface area (Å²) in [6.45, 7) is 1.74. The Bertz CT molecular complexity index is 868. The van der Waals surface area contributed by atoms with E-state index >= 15 is 0 Å². The maximum Gasteiger partial charge on any atom is 0.228 e. The lowest BCUT2D eigenvalue weighted by molar-refractivity contribution is -0.118. The van der Waals surface area contributed by atoms with E-state index in [0.29, 0.717) is 38.0 Å². The fraction of sp³-hybridized carbons (Fsp3) is 0.208. The lowest BCUT2D eigenvalue weighted by atomic mass is 10.1. The van der Waals surface area contributed by atoms with Crippen LogP contribution in [0.15, 0.2) is 84.9 Å². The second-order valence-electron chi connectivity index (χ2n) is 6.64. The van der Waals surface area contributed by atoms with Crippen molar-refractivity contribution in [3.63, 3.8) is 0 Å². The molecule has 144 valence electrons. The summed E-state index contributed by atoms with van der Waals surface area (Å²) in [7, 11) is 0. The Balaban J connectivity index is 1.53. The molecule has 0 saturated carbocycles. The van der Waals surface area contributed by atoms with Crippen molar-refractivity contribution in [1.29, 1.82) is 0 Å². The van der Waals surface area contributed by atoms with Gasteiger partial charge < -0.3 is 10.2 Å². The second-order valence-corrected chi connectivity index (χ2v) is 6.64. The zero-order chi connectivity index (χ0) is 19.6. The number of nitrogens with one attached hydrogen (secondary N) is 1. The molecule has 0 spiro atoms. The Labute approximate surface area is 165 Å². The van der Waals surface area contributed by atoms with Crippen molar-refractivity contribution in [2.75, 3.05) is 18.0 Å². The van der Waals surface area contributed by atoms with Crippen molar-refractivity contribution >= 4 is 11.6 Å². The summed E-state index contributed by atoms with van der Waals surface area (Å²) in [5, 5.41) is 3.25. The van der Waals surface area contributed by atoms with Crippen molar-refractivity contribution in [3.05, 3.63) is 102 Å². The summed E-state index contributed by atoms with van der Waals surface area (Å²) in [5.41, 5.74) is 2.67. The fourth-order valence-corrected chi connectivity index (χ4v) is 3.08. The van der Waals surface area contributed by atoms with Gasteiger partial charge in [0.15, 0.2) is 0 Å². The van der Waals surface area contributed by atoms with Gasteiger partial charge >= 0.3 is 0 Å². The lowest BCUT2D eigenvalue weighted by Crippen LogP contribution is -2.33. The zero-order valence-corrected chi connectivity index (χ0v) is 15.9. The van der Waals surface area contributed by atoms with E-state index < -0.39 is 0 Å². The van der Waals surface area contributed by atoms with Gasteiger partial charge in [-0.25, -0.2) is 4.39 Å². The summed E-state index contributed by atoms with van der Waals surface area (Å²) in [6, 6.07) is 26.5. The van der Waals surface area contributed by atoms with E-state index in [1.54, 1.807) is 12.1 Å². The first-order chi connectivity index (χ1) is 13.7. The summed E-state index contributed by atoms with van der Waals surface area (Å²) in [4.78, 5) is 14.7. The predicted octanol–water partition coefficient (Wildman–Crippen LogP) is 4.58. The average molecular weight is 376 g/mol. The van der Waals surface area contributed by atoms with Crippen molar-refractivity contribution in [2.45, 2.75) is 19.4 Å². The summed E-state index contributed by atoms with van der Waals surface area (Å²) >= 11 is 0. The fourth-order valence-electron chi connectivity index (χ4n) is 3.08. The van der Waals surface area contributed by atoms with E-state index in [9.17, 15) is 9.18 Å². The van der Waals surface area contributed by atoms with Gasteiger partial charge in [0.1, 0.15) is 5.82 Å². The molecule has 0 bridgehead atoms. The third-order valence-electron chi connectivity index (χ3n) is 4.60. The van der Waals surface area contributed by atoms with Gasteiger partial charge in [0.05, 0.1) is 6.54 Å². The highest BCUT2D eigenvalue weighted by Crippen LogP contribution is 2.18. The van der Waals surface area contributed by atoms with Gasteiger partial charge in [-0.2, -0.15) is 0 Å². The quantitative estimate of drug-likeness (QED) is 0.555. The first-order valence-corrected chi connectivity index (χ1v) is 9.57. The van der Waals surface area contributed by atoms with Crippen LogP contribution in [0, 0.1) is 5.82 Å². The second kappa shape index (κ2) is 10.4. The number of hydrogen-bond acceptors (Lipinski definition) is 2. The molecule has 3 aromatic carbocycles. The third kappa shape index (κ3) is 5.76. The van der Waals surface area contributed by atoms with Crippen molar-refractivity contribution in [2.24, 2.45) is 0 Å². The largest absolute Gasteiger partial charge is 0.316 e. The van der Waals surface area contributed by atoms with E-state index in [1.807, 2.05) is 71.6 Å². The number of amides is 1. The smallest absolute Gasteiger partial charge is 0.228 e. The van der Waals surface area contributed by atoms with Crippen LogP contribution in [-0.2, 0) is 17.8 Å². The number of rotatable bonds is 9. The maximum absolute atomic E-state index is 13.6. The van der Waals surface area contributed by atoms with Crippen molar-refractivity contribution in [3.8, 4) is 0 Å². The number of para-hydroxylation sites is 1. The first-order valence-electron chi connectivity index (χ1n) is 9.57. The monoisotopic (exact) mass is 376 g/mol. The van der Waals surface area contributed by atoms with Crippen LogP contribution >= 0.6 is 0 Å². The molecule has 3 rings (SSSR count). The average Bonchev–Trinajstić information content (AvgIpc) is 2.74. The van der Waals surface area contributed by atoms with Crippen molar-refractivity contribution in [1.82, 2.24) is 5.32 Å². The topological polar surface area (TPSA) is 32.3 Å². The molecule has 0 unspecified atom stereocenters. The molecule has 0 aliphatic carbocycles. The number of carbonyl (C=O) groups excluding carboxylic acids is 1. The minimum Gasteiger partial charge on any atom is -0.316 e. The van der Waals surface area contributed by atoms with Crippen LogP contribution in [0.4, 0.5) is 10.1 Å². The zero-order valence-electron chi connectivity index (χ0n) is 15.9. The van der Waals surface area contributed by atoms with Crippen molar-refractivity contribution < 1.29 is 9.18 Å². The Morgan fingerprint density at radius 3 is 2.18 bits per heavy atom. The Kier molecular flexibility index (Phi) is 7.33. The molecule has 4 heteroatoms. The van der Waals surface area contributed by atoms with Gasteiger partial charge in [0, 0.05) is 18.7 Å². The minimum atomic E-state index is -0.182. The molecule has 28 heavy (non-hydrogen) atoms. The van der Waals surface area contributed by atoms with Crippen LogP contribution in [0.25, 0.3) is 0 Å².